The number of hydrogen-bond acceptors (Lipinski definition) is 6. The lowest BCUT2D eigenvalue weighted by Gasteiger charge is -2.41. The summed E-state index contributed by atoms with van der Waals surface area (Å²) in [4.78, 5) is 26.9. The van der Waals surface area contributed by atoms with Gasteiger partial charge in [0.2, 0.25) is 0 Å². The third-order valence-corrected chi connectivity index (χ3v) is 5.22. The van der Waals surface area contributed by atoms with Gasteiger partial charge in [-0.3, -0.25) is 4.79 Å². The molecule has 27 heavy (non-hydrogen) atoms. The predicted molar refractivity (Wildman–Crippen MR) is 103 cm³/mol. The summed E-state index contributed by atoms with van der Waals surface area (Å²) >= 11 is 6.41. The molecule has 0 saturated carbocycles. The Morgan fingerprint density at radius 1 is 1.37 bits per heavy atom. The SMILES string of the molecule is CCC1(C)CN(c2cnn(-c3ccccc3C(=O)OC)c(=O)c2Cl)CCO1. The number of aromatic nitrogens is 2. The summed E-state index contributed by atoms with van der Waals surface area (Å²) in [6.07, 6.45) is 2.40. The molecule has 0 radical (unpaired) electrons. The zero-order valence-electron chi connectivity index (χ0n) is 15.6. The Balaban J connectivity index is 2.03. The molecule has 1 unspecified atom stereocenters. The molecule has 1 fully saturated rings. The fraction of sp³-hybridized carbons (Fsp3) is 0.421. The number of benzene rings is 1. The van der Waals surface area contributed by atoms with Gasteiger partial charge in [0.1, 0.15) is 5.02 Å². The first-order valence-corrected chi connectivity index (χ1v) is 9.12. The molecule has 0 amide bonds. The number of nitrogens with zero attached hydrogens (tertiary/aromatic N) is 3. The van der Waals surface area contributed by atoms with E-state index < -0.39 is 11.5 Å². The molecular formula is C19H22ClN3O4. The smallest absolute Gasteiger partial charge is 0.340 e. The standard InChI is InChI=1S/C19H22ClN3O4/c1-4-19(2)12-22(9-10-27-19)15-11-21-23(17(24)16(15)20)14-8-6-5-7-13(14)18(25)26-3/h5-8,11H,4,9-10,12H2,1-3H3. The first-order chi connectivity index (χ1) is 12.9. The molecule has 0 aliphatic carbocycles. The third-order valence-electron chi connectivity index (χ3n) is 4.86. The molecule has 2 heterocycles. The van der Waals surface area contributed by atoms with Crippen LogP contribution >= 0.6 is 11.6 Å². The summed E-state index contributed by atoms with van der Waals surface area (Å²) < 4.78 is 11.8. The van der Waals surface area contributed by atoms with Gasteiger partial charge < -0.3 is 14.4 Å². The fourth-order valence-corrected chi connectivity index (χ4v) is 3.36. The van der Waals surface area contributed by atoms with Gasteiger partial charge in [0.25, 0.3) is 5.56 Å². The van der Waals surface area contributed by atoms with Crippen LogP contribution in [0.1, 0.15) is 30.6 Å². The zero-order chi connectivity index (χ0) is 19.6. The minimum Gasteiger partial charge on any atom is -0.465 e. The molecule has 1 aromatic heterocycles. The number of hydrogen-bond donors (Lipinski definition) is 0. The molecule has 1 aliphatic rings. The van der Waals surface area contributed by atoms with E-state index in [2.05, 4.69) is 12.0 Å². The molecule has 144 valence electrons. The van der Waals surface area contributed by atoms with Crippen LogP contribution in [-0.4, -0.2) is 48.2 Å². The Bertz CT molecular complexity index is 914. The number of ether oxygens (including phenoxy) is 2. The van der Waals surface area contributed by atoms with Gasteiger partial charge in [-0.05, 0) is 25.5 Å². The van der Waals surface area contributed by atoms with E-state index in [1.54, 1.807) is 30.5 Å². The fourth-order valence-electron chi connectivity index (χ4n) is 3.11. The van der Waals surface area contributed by atoms with Crippen LogP contribution in [0.5, 0.6) is 0 Å². The Hall–Kier alpha value is -2.38. The van der Waals surface area contributed by atoms with Crippen molar-refractivity contribution < 1.29 is 14.3 Å². The van der Waals surface area contributed by atoms with E-state index in [0.29, 0.717) is 31.1 Å². The van der Waals surface area contributed by atoms with Crippen LogP contribution < -0.4 is 10.5 Å². The molecule has 1 aliphatic heterocycles. The average Bonchev–Trinajstić information content (AvgIpc) is 2.69. The monoisotopic (exact) mass is 391 g/mol. The van der Waals surface area contributed by atoms with E-state index in [9.17, 15) is 9.59 Å². The van der Waals surface area contributed by atoms with E-state index in [4.69, 9.17) is 21.1 Å². The van der Waals surface area contributed by atoms with Crippen molar-refractivity contribution in [3.8, 4) is 5.69 Å². The van der Waals surface area contributed by atoms with Crippen LogP contribution in [0.4, 0.5) is 5.69 Å². The molecule has 1 aromatic carbocycles. The van der Waals surface area contributed by atoms with Crippen molar-refractivity contribution in [2.75, 3.05) is 31.7 Å². The van der Waals surface area contributed by atoms with Crippen LogP contribution in [-0.2, 0) is 9.47 Å². The maximum atomic E-state index is 12.9. The van der Waals surface area contributed by atoms with Crippen molar-refractivity contribution in [1.29, 1.82) is 0 Å². The number of morpholine rings is 1. The molecule has 3 rings (SSSR count). The van der Waals surface area contributed by atoms with Gasteiger partial charge >= 0.3 is 5.97 Å². The number of esters is 1. The largest absolute Gasteiger partial charge is 0.465 e. The van der Waals surface area contributed by atoms with Gasteiger partial charge in [-0.1, -0.05) is 30.7 Å². The first kappa shape index (κ1) is 19.4. The number of anilines is 1. The molecule has 7 nitrogen and oxygen atoms in total. The second-order valence-electron chi connectivity index (χ2n) is 6.64. The molecule has 1 atom stereocenters. The molecule has 0 bridgehead atoms. The zero-order valence-corrected chi connectivity index (χ0v) is 16.3. The number of methoxy groups -OCH3 is 1. The summed E-state index contributed by atoms with van der Waals surface area (Å²) in [5.41, 5.74) is 0.340. The number of rotatable bonds is 4. The minimum absolute atomic E-state index is 0.0602. The van der Waals surface area contributed by atoms with Crippen LogP contribution in [0.2, 0.25) is 5.02 Å². The maximum Gasteiger partial charge on any atom is 0.340 e. The highest BCUT2D eigenvalue weighted by molar-refractivity contribution is 6.33. The molecule has 8 heteroatoms. The highest BCUT2D eigenvalue weighted by Crippen LogP contribution is 2.29. The van der Waals surface area contributed by atoms with E-state index in [0.717, 1.165) is 11.1 Å². The lowest BCUT2D eigenvalue weighted by atomic mass is 10.0. The summed E-state index contributed by atoms with van der Waals surface area (Å²) in [5, 5.41) is 4.33. The van der Waals surface area contributed by atoms with Crippen molar-refractivity contribution >= 4 is 23.3 Å². The lowest BCUT2D eigenvalue weighted by molar-refractivity contribution is -0.0441. The third kappa shape index (κ3) is 3.70. The minimum atomic E-state index is -0.550. The van der Waals surface area contributed by atoms with E-state index in [1.165, 1.54) is 7.11 Å². The van der Waals surface area contributed by atoms with Gasteiger partial charge in [-0.2, -0.15) is 9.78 Å². The highest BCUT2D eigenvalue weighted by Gasteiger charge is 2.32. The Morgan fingerprint density at radius 3 is 2.81 bits per heavy atom. The van der Waals surface area contributed by atoms with Crippen molar-refractivity contribution in [2.24, 2.45) is 0 Å². The van der Waals surface area contributed by atoms with Crippen LogP contribution in [0, 0.1) is 0 Å². The predicted octanol–water partition coefficient (Wildman–Crippen LogP) is 2.68. The number of halogens is 1. The Kier molecular flexibility index (Phi) is 5.53. The summed E-state index contributed by atoms with van der Waals surface area (Å²) in [5.74, 6) is -0.550. The molecule has 1 saturated heterocycles. The van der Waals surface area contributed by atoms with Crippen molar-refractivity contribution in [1.82, 2.24) is 9.78 Å². The summed E-state index contributed by atoms with van der Waals surface area (Å²) in [7, 11) is 1.29. The van der Waals surface area contributed by atoms with Gasteiger partial charge in [-0.15, -0.1) is 0 Å². The van der Waals surface area contributed by atoms with Gasteiger partial charge in [-0.25, -0.2) is 4.79 Å². The number of para-hydroxylation sites is 1. The lowest BCUT2D eigenvalue weighted by Crippen LogP contribution is -2.50. The quantitative estimate of drug-likeness (QED) is 0.746. The number of carbonyl (C=O) groups excluding carboxylic acids is 1. The highest BCUT2D eigenvalue weighted by atomic mass is 35.5. The number of carbonyl (C=O) groups is 1. The molecular weight excluding hydrogens is 370 g/mol. The molecule has 0 N–H and O–H groups in total. The maximum absolute atomic E-state index is 12.9. The van der Waals surface area contributed by atoms with Gasteiger partial charge in [0, 0.05) is 13.1 Å². The topological polar surface area (TPSA) is 73.7 Å². The van der Waals surface area contributed by atoms with Crippen molar-refractivity contribution in [3.63, 3.8) is 0 Å². The summed E-state index contributed by atoms with van der Waals surface area (Å²) in [6.45, 7) is 5.89. The summed E-state index contributed by atoms with van der Waals surface area (Å²) in [6, 6.07) is 6.60. The van der Waals surface area contributed by atoms with Crippen molar-refractivity contribution in [2.45, 2.75) is 25.9 Å². The normalized spacial score (nSPS) is 19.8. The van der Waals surface area contributed by atoms with E-state index >= 15 is 0 Å². The van der Waals surface area contributed by atoms with Gasteiger partial charge in [0.15, 0.2) is 0 Å². The molecule has 2 aromatic rings. The van der Waals surface area contributed by atoms with Crippen LogP contribution in [0.15, 0.2) is 35.3 Å². The Labute approximate surface area is 162 Å². The second kappa shape index (κ2) is 7.70. The van der Waals surface area contributed by atoms with Crippen LogP contribution in [0.3, 0.4) is 0 Å². The average molecular weight is 392 g/mol. The van der Waals surface area contributed by atoms with Crippen LogP contribution in [0.25, 0.3) is 5.69 Å². The van der Waals surface area contributed by atoms with E-state index in [1.807, 2.05) is 11.8 Å². The Morgan fingerprint density at radius 2 is 2.11 bits per heavy atom. The van der Waals surface area contributed by atoms with Crippen molar-refractivity contribution in [3.05, 3.63) is 51.4 Å². The van der Waals surface area contributed by atoms with Gasteiger partial charge in [0.05, 0.1) is 42.5 Å². The molecule has 0 spiro atoms. The first-order valence-electron chi connectivity index (χ1n) is 8.74. The van der Waals surface area contributed by atoms with E-state index in [-0.39, 0.29) is 16.2 Å². The second-order valence-corrected chi connectivity index (χ2v) is 7.02.